The molecule has 0 aliphatic heterocycles. The van der Waals surface area contributed by atoms with Crippen LogP contribution in [0.2, 0.25) is 0 Å². The van der Waals surface area contributed by atoms with E-state index in [2.05, 4.69) is 10.6 Å². The van der Waals surface area contributed by atoms with Gasteiger partial charge >= 0.3 is 12.0 Å². The minimum Gasteiger partial charge on any atom is -0.479 e. The summed E-state index contributed by atoms with van der Waals surface area (Å²) in [4.78, 5) is 21.6. The van der Waals surface area contributed by atoms with Gasteiger partial charge in [0.1, 0.15) is 0 Å². The maximum atomic E-state index is 11.3. The fourth-order valence-corrected chi connectivity index (χ4v) is 1.08. The first kappa shape index (κ1) is 13.5. The fourth-order valence-electron chi connectivity index (χ4n) is 1.08. The highest BCUT2D eigenvalue weighted by Crippen LogP contribution is 2.08. The molecule has 2 amide bonds. The van der Waals surface area contributed by atoms with Crippen molar-refractivity contribution >= 4 is 17.7 Å². The molecule has 1 atom stereocenters. The number of carboxylic acid groups (broad SMARTS) is 1. The van der Waals surface area contributed by atoms with Crippen LogP contribution in [0.5, 0.6) is 0 Å². The first-order chi connectivity index (χ1) is 8.52. The number of amides is 2. The van der Waals surface area contributed by atoms with Gasteiger partial charge in [-0.1, -0.05) is 0 Å². The Kier molecular flexibility index (Phi) is 4.66. The molecule has 1 aromatic carbocycles. The number of nitrogens with one attached hydrogen (secondary N) is 2. The fraction of sp³-hybridized carbons (Fsp3) is 0.182. The second-order valence-electron chi connectivity index (χ2n) is 3.38. The van der Waals surface area contributed by atoms with Gasteiger partial charge in [0.05, 0.1) is 18.2 Å². The number of aliphatic hydroxyl groups excluding tert-OH is 1. The molecular weight excluding hydrogens is 238 g/mol. The van der Waals surface area contributed by atoms with Gasteiger partial charge < -0.3 is 20.8 Å². The molecular formula is C11H11N3O4. The van der Waals surface area contributed by atoms with Crippen LogP contribution in [0.25, 0.3) is 0 Å². The van der Waals surface area contributed by atoms with Crippen LogP contribution in [0.1, 0.15) is 5.56 Å². The number of carbonyl (C=O) groups is 2. The number of hydrogen-bond acceptors (Lipinski definition) is 4. The van der Waals surface area contributed by atoms with Crippen LogP contribution in [0.4, 0.5) is 10.5 Å². The summed E-state index contributed by atoms with van der Waals surface area (Å²) in [6.45, 7) is -0.391. The summed E-state index contributed by atoms with van der Waals surface area (Å²) < 4.78 is 0. The number of anilines is 1. The Labute approximate surface area is 103 Å². The first-order valence-corrected chi connectivity index (χ1v) is 4.99. The lowest BCUT2D eigenvalue weighted by molar-refractivity contribution is -0.146. The van der Waals surface area contributed by atoms with Crippen LogP contribution in [-0.2, 0) is 4.79 Å². The van der Waals surface area contributed by atoms with Crippen molar-refractivity contribution in [3.8, 4) is 6.07 Å². The topological polar surface area (TPSA) is 122 Å². The molecule has 0 saturated carbocycles. The van der Waals surface area contributed by atoms with E-state index in [0.29, 0.717) is 11.3 Å². The van der Waals surface area contributed by atoms with Gasteiger partial charge in [0.25, 0.3) is 0 Å². The number of rotatable bonds is 4. The molecule has 0 aliphatic rings. The number of benzene rings is 1. The van der Waals surface area contributed by atoms with E-state index < -0.39 is 24.6 Å². The van der Waals surface area contributed by atoms with Crippen LogP contribution in [-0.4, -0.2) is 34.9 Å². The van der Waals surface area contributed by atoms with Gasteiger partial charge in [0.2, 0.25) is 0 Å². The number of nitrogens with zero attached hydrogens (tertiary/aromatic N) is 1. The highest BCUT2D eigenvalue weighted by Gasteiger charge is 2.13. The number of nitriles is 1. The molecule has 0 saturated heterocycles. The molecule has 0 aromatic heterocycles. The normalized spacial score (nSPS) is 11.1. The summed E-state index contributed by atoms with van der Waals surface area (Å²) >= 11 is 0. The van der Waals surface area contributed by atoms with Crippen molar-refractivity contribution in [3.63, 3.8) is 0 Å². The maximum Gasteiger partial charge on any atom is 0.334 e. The summed E-state index contributed by atoms with van der Waals surface area (Å²) in [7, 11) is 0. The quantitative estimate of drug-likeness (QED) is 0.603. The van der Waals surface area contributed by atoms with Gasteiger partial charge in [-0.25, -0.2) is 9.59 Å². The number of urea groups is 1. The molecule has 4 N–H and O–H groups in total. The predicted molar refractivity (Wildman–Crippen MR) is 61.8 cm³/mol. The zero-order valence-electron chi connectivity index (χ0n) is 9.25. The number of carbonyl (C=O) groups excluding carboxylic acids is 1. The van der Waals surface area contributed by atoms with Gasteiger partial charge in [-0.15, -0.1) is 0 Å². The van der Waals surface area contributed by atoms with Crippen molar-refractivity contribution in [3.05, 3.63) is 29.8 Å². The molecule has 1 unspecified atom stereocenters. The van der Waals surface area contributed by atoms with Crippen LogP contribution in [0.15, 0.2) is 24.3 Å². The van der Waals surface area contributed by atoms with E-state index in [1.807, 2.05) is 6.07 Å². The van der Waals surface area contributed by atoms with E-state index in [4.69, 9.17) is 15.5 Å². The molecule has 0 fully saturated rings. The van der Waals surface area contributed by atoms with Crippen LogP contribution >= 0.6 is 0 Å². The average Bonchev–Trinajstić information content (AvgIpc) is 2.36. The van der Waals surface area contributed by atoms with Crippen LogP contribution in [0.3, 0.4) is 0 Å². The SMILES string of the molecule is N#Cc1ccc(NC(=O)NCC(O)C(=O)O)cc1. The predicted octanol–water partition coefficient (Wildman–Crippen LogP) is 0.125. The molecule has 7 heteroatoms. The van der Waals surface area contributed by atoms with Gasteiger partial charge in [-0.2, -0.15) is 5.26 Å². The van der Waals surface area contributed by atoms with E-state index in [9.17, 15) is 9.59 Å². The van der Waals surface area contributed by atoms with Crippen LogP contribution in [0, 0.1) is 11.3 Å². The van der Waals surface area contributed by atoms with Gasteiger partial charge in [-0.3, -0.25) is 0 Å². The molecule has 18 heavy (non-hydrogen) atoms. The van der Waals surface area contributed by atoms with E-state index in [-0.39, 0.29) is 0 Å². The van der Waals surface area contributed by atoms with Gasteiger partial charge in [-0.05, 0) is 24.3 Å². The van der Waals surface area contributed by atoms with Crippen molar-refractivity contribution in [2.75, 3.05) is 11.9 Å². The molecule has 0 aliphatic carbocycles. The third kappa shape index (κ3) is 4.11. The van der Waals surface area contributed by atoms with Gasteiger partial charge in [0, 0.05) is 5.69 Å². The standard InChI is InChI=1S/C11H11N3O4/c12-5-7-1-3-8(4-2-7)14-11(18)13-6-9(15)10(16)17/h1-4,9,15H,6H2,(H,16,17)(H2,13,14,18). The lowest BCUT2D eigenvalue weighted by atomic mass is 10.2. The van der Waals surface area contributed by atoms with E-state index in [1.165, 1.54) is 24.3 Å². The third-order valence-electron chi connectivity index (χ3n) is 2.01. The third-order valence-corrected chi connectivity index (χ3v) is 2.01. The molecule has 0 bridgehead atoms. The molecule has 0 radical (unpaired) electrons. The van der Waals surface area contributed by atoms with Gasteiger partial charge in [0.15, 0.2) is 6.10 Å². The summed E-state index contributed by atoms with van der Waals surface area (Å²) in [5.41, 5.74) is 0.915. The van der Waals surface area contributed by atoms with E-state index in [1.54, 1.807) is 0 Å². The average molecular weight is 249 g/mol. The smallest absolute Gasteiger partial charge is 0.334 e. The highest BCUT2D eigenvalue weighted by molar-refractivity contribution is 5.89. The molecule has 94 valence electrons. The summed E-state index contributed by atoms with van der Waals surface area (Å²) in [6, 6.07) is 7.42. The summed E-state index contributed by atoms with van der Waals surface area (Å²) in [5.74, 6) is -1.41. The molecule has 1 aromatic rings. The number of aliphatic hydroxyl groups is 1. The zero-order valence-corrected chi connectivity index (χ0v) is 9.25. The number of hydrogen-bond donors (Lipinski definition) is 4. The second kappa shape index (κ2) is 6.22. The number of carboxylic acids is 1. The molecule has 7 nitrogen and oxygen atoms in total. The van der Waals surface area contributed by atoms with Crippen molar-refractivity contribution in [2.24, 2.45) is 0 Å². The lowest BCUT2D eigenvalue weighted by Gasteiger charge is -2.09. The second-order valence-corrected chi connectivity index (χ2v) is 3.38. The number of aliphatic carboxylic acids is 1. The van der Waals surface area contributed by atoms with Crippen molar-refractivity contribution in [2.45, 2.75) is 6.10 Å². The Bertz CT molecular complexity index is 478. The van der Waals surface area contributed by atoms with Crippen LogP contribution < -0.4 is 10.6 Å². The Hall–Kier alpha value is -2.59. The zero-order chi connectivity index (χ0) is 13.5. The Morgan fingerprint density at radius 2 is 1.94 bits per heavy atom. The lowest BCUT2D eigenvalue weighted by Crippen LogP contribution is -2.38. The Balaban J connectivity index is 2.45. The van der Waals surface area contributed by atoms with Crippen molar-refractivity contribution in [1.82, 2.24) is 5.32 Å². The van der Waals surface area contributed by atoms with E-state index >= 15 is 0 Å². The maximum absolute atomic E-state index is 11.3. The molecule has 1 rings (SSSR count). The molecule has 0 heterocycles. The summed E-state index contributed by atoms with van der Waals surface area (Å²) in [6.07, 6.45) is -1.64. The minimum atomic E-state index is -1.64. The van der Waals surface area contributed by atoms with E-state index in [0.717, 1.165) is 0 Å². The minimum absolute atomic E-state index is 0.391. The largest absolute Gasteiger partial charge is 0.479 e. The Morgan fingerprint density at radius 1 is 1.33 bits per heavy atom. The first-order valence-electron chi connectivity index (χ1n) is 4.99. The monoisotopic (exact) mass is 249 g/mol. The van der Waals surface area contributed by atoms with Crippen molar-refractivity contribution < 1.29 is 19.8 Å². The highest BCUT2D eigenvalue weighted by atomic mass is 16.4. The molecule has 0 spiro atoms. The summed E-state index contributed by atoms with van der Waals surface area (Å²) in [5, 5.41) is 30.5. The Morgan fingerprint density at radius 3 is 2.44 bits per heavy atom. The van der Waals surface area contributed by atoms with Crippen molar-refractivity contribution in [1.29, 1.82) is 5.26 Å².